The van der Waals surface area contributed by atoms with Crippen LogP contribution in [0.2, 0.25) is 0 Å². The van der Waals surface area contributed by atoms with E-state index in [1.165, 1.54) is 0 Å². The molecule has 248 valence electrons. The van der Waals surface area contributed by atoms with E-state index < -0.39 is 31.7 Å². The smallest absolute Gasteiger partial charge is 0.265 e. The lowest BCUT2D eigenvalue weighted by atomic mass is 10.1. The normalized spacial score (nSPS) is 13.9. The number of nitrogens with one attached hydrogen (secondary N) is 2. The van der Waals surface area contributed by atoms with Crippen molar-refractivity contribution in [2.75, 3.05) is 61.8 Å². The van der Waals surface area contributed by atoms with Gasteiger partial charge in [-0.2, -0.15) is 0 Å². The van der Waals surface area contributed by atoms with Crippen molar-refractivity contribution in [1.82, 2.24) is 10.0 Å². The summed E-state index contributed by atoms with van der Waals surface area (Å²) in [6, 6.07) is 21.5. The van der Waals surface area contributed by atoms with Crippen molar-refractivity contribution in [2.24, 2.45) is 0 Å². The SMILES string of the molecule is CN(C)c1cccc2c(S(=O)(=O)CCCSC3=C(SCCNS(=O)(=O)c4cccc5c(N(C)C)cccc45)C(=O)NC3=O)cccc12. The number of rotatable bonds is 14. The van der Waals surface area contributed by atoms with Gasteiger partial charge in [-0.15, -0.1) is 23.5 Å². The Labute approximate surface area is 283 Å². The number of carbonyl (C=O) groups is 2. The summed E-state index contributed by atoms with van der Waals surface area (Å²) in [4.78, 5) is 29.8. The summed E-state index contributed by atoms with van der Waals surface area (Å²) in [6.45, 7) is 0.0263. The predicted molar refractivity (Wildman–Crippen MR) is 193 cm³/mol. The molecule has 0 saturated heterocycles. The molecule has 10 nitrogen and oxygen atoms in total. The first-order valence-electron chi connectivity index (χ1n) is 14.8. The van der Waals surface area contributed by atoms with Gasteiger partial charge in [0.25, 0.3) is 11.8 Å². The molecular weight excluding hydrogens is 677 g/mol. The number of hydrogen-bond acceptors (Lipinski definition) is 10. The molecule has 5 rings (SSSR count). The fourth-order valence-electron chi connectivity index (χ4n) is 5.44. The summed E-state index contributed by atoms with van der Waals surface area (Å²) in [5.74, 6) is -0.699. The number of benzene rings is 4. The summed E-state index contributed by atoms with van der Waals surface area (Å²) in [7, 11) is 0.108. The number of imide groups is 1. The second-order valence-corrected chi connectivity index (χ2v) is 17.3. The van der Waals surface area contributed by atoms with Gasteiger partial charge in [0.2, 0.25) is 10.0 Å². The average molecular weight is 713 g/mol. The summed E-state index contributed by atoms with van der Waals surface area (Å²) >= 11 is 2.21. The minimum atomic E-state index is -3.87. The molecule has 0 aliphatic carbocycles. The molecule has 2 amide bonds. The van der Waals surface area contributed by atoms with Crippen LogP contribution in [0.3, 0.4) is 0 Å². The maximum Gasteiger partial charge on any atom is 0.265 e. The van der Waals surface area contributed by atoms with Crippen LogP contribution in [0.1, 0.15) is 6.42 Å². The van der Waals surface area contributed by atoms with Crippen LogP contribution in [-0.4, -0.2) is 80.6 Å². The van der Waals surface area contributed by atoms with Gasteiger partial charge in [0.05, 0.1) is 25.4 Å². The van der Waals surface area contributed by atoms with E-state index in [0.717, 1.165) is 45.7 Å². The molecule has 1 heterocycles. The topological polar surface area (TPSA) is 133 Å². The van der Waals surface area contributed by atoms with Crippen LogP contribution in [0.15, 0.2) is 92.4 Å². The molecule has 0 saturated carbocycles. The number of amides is 2. The highest BCUT2D eigenvalue weighted by Gasteiger charge is 2.31. The lowest BCUT2D eigenvalue weighted by Crippen LogP contribution is -2.26. The number of nitrogens with zero attached hydrogens (tertiary/aromatic N) is 2. The zero-order chi connectivity index (χ0) is 33.9. The van der Waals surface area contributed by atoms with Crippen LogP contribution in [0.5, 0.6) is 0 Å². The molecule has 0 radical (unpaired) electrons. The van der Waals surface area contributed by atoms with Crippen molar-refractivity contribution in [3.05, 3.63) is 82.6 Å². The van der Waals surface area contributed by atoms with Gasteiger partial charge in [0.1, 0.15) is 0 Å². The van der Waals surface area contributed by atoms with Gasteiger partial charge in [-0.25, -0.2) is 21.6 Å². The van der Waals surface area contributed by atoms with E-state index >= 15 is 0 Å². The van der Waals surface area contributed by atoms with E-state index in [4.69, 9.17) is 0 Å². The molecule has 0 fully saturated rings. The fraction of sp³-hybridized carbons (Fsp3) is 0.273. The number of hydrogen-bond donors (Lipinski definition) is 2. The van der Waals surface area contributed by atoms with Gasteiger partial charge >= 0.3 is 0 Å². The lowest BCUT2D eigenvalue weighted by Gasteiger charge is -2.17. The Morgan fingerprint density at radius 2 is 1.11 bits per heavy atom. The molecule has 47 heavy (non-hydrogen) atoms. The maximum absolute atomic E-state index is 13.4. The Kier molecular flexibility index (Phi) is 10.6. The van der Waals surface area contributed by atoms with Crippen molar-refractivity contribution in [3.63, 3.8) is 0 Å². The fourth-order valence-corrected chi connectivity index (χ4v) is 10.6. The molecule has 0 unspecified atom stereocenters. The summed E-state index contributed by atoms with van der Waals surface area (Å²) in [6.07, 6.45) is 0.264. The third-order valence-electron chi connectivity index (χ3n) is 7.60. The zero-order valence-corrected chi connectivity index (χ0v) is 29.7. The van der Waals surface area contributed by atoms with Crippen molar-refractivity contribution in [3.8, 4) is 0 Å². The van der Waals surface area contributed by atoms with E-state index in [2.05, 4.69) is 10.0 Å². The van der Waals surface area contributed by atoms with Gasteiger partial charge in [0, 0.05) is 73.4 Å². The summed E-state index contributed by atoms with van der Waals surface area (Å²) in [5.41, 5.74) is 1.82. The van der Waals surface area contributed by atoms with E-state index in [1.54, 1.807) is 36.4 Å². The molecule has 1 aliphatic heterocycles. The summed E-state index contributed by atoms with van der Waals surface area (Å²) < 4.78 is 55.8. The number of sulfone groups is 1. The molecule has 4 aromatic rings. The molecule has 14 heteroatoms. The van der Waals surface area contributed by atoms with E-state index in [9.17, 15) is 26.4 Å². The Bertz CT molecular complexity index is 1960. The van der Waals surface area contributed by atoms with Crippen LogP contribution in [0, 0.1) is 0 Å². The lowest BCUT2D eigenvalue weighted by molar-refractivity contribution is -0.123. The number of anilines is 2. The minimum Gasteiger partial charge on any atom is -0.377 e. The highest BCUT2D eigenvalue weighted by Crippen LogP contribution is 2.34. The number of thioether (sulfide) groups is 2. The van der Waals surface area contributed by atoms with Crippen molar-refractivity contribution < 1.29 is 26.4 Å². The highest BCUT2D eigenvalue weighted by atomic mass is 32.2. The monoisotopic (exact) mass is 712 g/mol. The van der Waals surface area contributed by atoms with Gasteiger partial charge in [-0.3, -0.25) is 14.9 Å². The molecule has 1 aliphatic rings. The minimum absolute atomic E-state index is 0.0263. The standard InChI is InChI=1S/C33H36N4O6S4/c1-36(2)26-14-5-12-24-22(26)10-7-16-28(24)46(40,41)21-9-19-44-30-31(33(39)35-32(30)38)45-20-18-34-47(42,43)29-17-8-11-23-25(29)13-6-15-27(23)37(3)4/h5-8,10-17,34H,9,18-21H2,1-4H3,(H,35,38,39). The predicted octanol–water partition coefficient (Wildman–Crippen LogP) is 4.60. The zero-order valence-electron chi connectivity index (χ0n) is 26.4. The first-order valence-corrected chi connectivity index (χ1v) is 19.9. The van der Waals surface area contributed by atoms with Gasteiger partial charge in [-0.1, -0.05) is 48.5 Å². The van der Waals surface area contributed by atoms with Crippen LogP contribution < -0.4 is 19.8 Å². The first-order chi connectivity index (χ1) is 22.3. The number of fused-ring (bicyclic) bond motifs is 2. The third kappa shape index (κ3) is 7.46. The molecular formula is C33H36N4O6S4. The first kappa shape index (κ1) is 34.8. The average Bonchev–Trinajstić information content (AvgIpc) is 3.30. The van der Waals surface area contributed by atoms with E-state index in [-0.39, 0.29) is 44.1 Å². The molecule has 0 aromatic heterocycles. The Balaban J connectivity index is 1.21. The maximum atomic E-state index is 13.4. The van der Waals surface area contributed by atoms with Gasteiger partial charge in [-0.05, 0) is 36.4 Å². The second kappa shape index (κ2) is 14.3. The van der Waals surface area contributed by atoms with Crippen molar-refractivity contribution >= 4 is 88.1 Å². The molecule has 4 aromatic carbocycles. The van der Waals surface area contributed by atoms with E-state index in [0.29, 0.717) is 16.5 Å². The van der Waals surface area contributed by atoms with Crippen molar-refractivity contribution in [2.45, 2.75) is 16.2 Å². The summed E-state index contributed by atoms with van der Waals surface area (Å²) in [5, 5.41) is 5.21. The van der Waals surface area contributed by atoms with Gasteiger partial charge in [0.15, 0.2) is 9.84 Å². The molecule has 0 spiro atoms. The largest absolute Gasteiger partial charge is 0.377 e. The Morgan fingerprint density at radius 3 is 1.66 bits per heavy atom. The third-order valence-corrected chi connectivity index (χ3v) is 13.4. The van der Waals surface area contributed by atoms with Crippen LogP contribution in [0.4, 0.5) is 11.4 Å². The highest BCUT2D eigenvalue weighted by molar-refractivity contribution is 8.08. The Morgan fingerprint density at radius 1 is 0.638 bits per heavy atom. The molecule has 0 atom stereocenters. The molecule has 2 N–H and O–H groups in total. The van der Waals surface area contributed by atoms with Crippen LogP contribution in [-0.2, 0) is 29.4 Å². The Hall–Kier alpha value is -3.56. The van der Waals surface area contributed by atoms with Crippen LogP contribution in [0.25, 0.3) is 21.5 Å². The van der Waals surface area contributed by atoms with Crippen LogP contribution >= 0.6 is 23.5 Å². The number of sulfonamides is 1. The number of carbonyl (C=O) groups excluding carboxylic acids is 2. The molecule has 0 bridgehead atoms. The van der Waals surface area contributed by atoms with E-state index in [1.807, 2.05) is 74.4 Å². The quantitative estimate of drug-likeness (QED) is 0.141. The van der Waals surface area contributed by atoms with Crippen molar-refractivity contribution in [1.29, 1.82) is 0 Å². The second-order valence-electron chi connectivity index (χ2n) is 11.3. The van der Waals surface area contributed by atoms with Gasteiger partial charge < -0.3 is 9.80 Å².